The number of halogens is 4. The summed E-state index contributed by atoms with van der Waals surface area (Å²) < 4.78 is 45.4. The number of aliphatic hydroxyl groups excluding tert-OH is 1. The van der Waals surface area contributed by atoms with Crippen molar-refractivity contribution in [3.63, 3.8) is 0 Å². The molecule has 3 aromatic rings. The van der Waals surface area contributed by atoms with Crippen LogP contribution in [0.1, 0.15) is 43.9 Å². The van der Waals surface area contributed by atoms with Crippen LogP contribution in [0.4, 0.5) is 35.2 Å². The number of carbonyl (C=O) groups is 1. The predicted octanol–water partition coefficient (Wildman–Crippen LogP) is 6.76. The fourth-order valence-electron chi connectivity index (χ4n) is 4.11. The van der Waals surface area contributed by atoms with Gasteiger partial charge in [0.1, 0.15) is 17.7 Å². The highest BCUT2D eigenvalue weighted by Crippen LogP contribution is 2.37. The molecule has 1 atom stereocenters. The number of benzene rings is 2. The molecule has 11 heteroatoms. The van der Waals surface area contributed by atoms with Crippen LogP contribution in [-0.2, 0) is 23.8 Å². The summed E-state index contributed by atoms with van der Waals surface area (Å²) >= 11 is 6.35. The lowest BCUT2D eigenvalue weighted by atomic mass is 9.88. The molecule has 0 bridgehead atoms. The van der Waals surface area contributed by atoms with E-state index in [2.05, 4.69) is 20.6 Å². The van der Waals surface area contributed by atoms with E-state index in [-0.39, 0.29) is 16.9 Å². The smallest absolute Gasteiger partial charge is 0.416 e. The molecule has 3 N–H and O–H groups in total. The van der Waals surface area contributed by atoms with Gasteiger partial charge in [-0.1, -0.05) is 17.7 Å². The van der Waals surface area contributed by atoms with Crippen LogP contribution in [-0.4, -0.2) is 32.9 Å². The molecule has 196 valence electrons. The Bertz CT molecular complexity index is 1330. The van der Waals surface area contributed by atoms with Crippen molar-refractivity contribution in [1.82, 2.24) is 9.97 Å². The van der Waals surface area contributed by atoms with Gasteiger partial charge in [-0.3, -0.25) is 5.32 Å². The molecule has 1 aromatic heterocycles. The van der Waals surface area contributed by atoms with Gasteiger partial charge >= 0.3 is 12.3 Å². The third-order valence-corrected chi connectivity index (χ3v) is 6.08. The van der Waals surface area contributed by atoms with Gasteiger partial charge in [0.05, 0.1) is 23.0 Å². The van der Waals surface area contributed by atoms with Crippen LogP contribution < -0.4 is 10.6 Å². The zero-order chi connectivity index (χ0) is 27.0. The molecule has 37 heavy (non-hydrogen) atoms. The second-order valence-electron chi connectivity index (χ2n) is 9.75. The van der Waals surface area contributed by atoms with Gasteiger partial charge in [0.15, 0.2) is 0 Å². The Morgan fingerprint density at radius 3 is 2.54 bits per heavy atom. The van der Waals surface area contributed by atoms with Crippen LogP contribution in [0, 0.1) is 0 Å². The number of hydrogen-bond donors (Lipinski definition) is 3. The van der Waals surface area contributed by atoms with Crippen molar-refractivity contribution < 1.29 is 27.8 Å². The van der Waals surface area contributed by atoms with Gasteiger partial charge in [0, 0.05) is 28.8 Å². The highest BCUT2D eigenvalue weighted by atomic mass is 35.5. The average molecular weight is 535 g/mol. The average Bonchev–Trinajstić information content (AvgIpc) is 2.79. The number of carbonyl (C=O) groups excluding carboxylic acids is 1. The first-order chi connectivity index (χ1) is 17.3. The Labute approximate surface area is 217 Å². The molecule has 7 nitrogen and oxygen atoms in total. The zero-order valence-corrected chi connectivity index (χ0v) is 21.2. The minimum absolute atomic E-state index is 0.110. The Kier molecular flexibility index (Phi) is 7.34. The fourth-order valence-corrected chi connectivity index (χ4v) is 4.38. The number of rotatable bonds is 4. The molecule has 1 unspecified atom stereocenters. The van der Waals surface area contributed by atoms with Crippen LogP contribution in [0.2, 0.25) is 5.02 Å². The van der Waals surface area contributed by atoms with Crippen molar-refractivity contribution in [3.8, 4) is 11.3 Å². The van der Waals surface area contributed by atoms with Gasteiger partial charge in [-0.05, 0) is 69.0 Å². The largest absolute Gasteiger partial charge is 0.444 e. The molecule has 0 aliphatic heterocycles. The molecule has 4 rings (SSSR count). The molecule has 0 saturated carbocycles. The van der Waals surface area contributed by atoms with Crippen LogP contribution in [0.15, 0.2) is 42.7 Å². The van der Waals surface area contributed by atoms with Crippen LogP contribution in [0.25, 0.3) is 11.3 Å². The van der Waals surface area contributed by atoms with Gasteiger partial charge in [0.2, 0.25) is 0 Å². The highest BCUT2D eigenvalue weighted by molar-refractivity contribution is 6.31. The predicted molar refractivity (Wildman–Crippen MR) is 135 cm³/mol. The van der Waals surface area contributed by atoms with Gasteiger partial charge in [-0.15, -0.1) is 0 Å². The van der Waals surface area contributed by atoms with E-state index in [4.69, 9.17) is 16.3 Å². The van der Waals surface area contributed by atoms with E-state index in [0.29, 0.717) is 35.8 Å². The van der Waals surface area contributed by atoms with Crippen molar-refractivity contribution in [3.05, 3.63) is 64.4 Å². The minimum Gasteiger partial charge on any atom is -0.444 e. The topological polar surface area (TPSA) is 96.4 Å². The Hall–Kier alpha value is -3.37. The fraction of sp³-hybridized carbons (Fsp3) is 0.346. The number of aliphatic hydroxyl groups is 1. The van der Waals surface area contributed by atoms with E-state index in [0.717, 1.165) is 23.3 Å². The van der Waals surface area contributed by atoms with Crippen molar-refractivity contribution in [1.29, 1.82) is 0 Å². The summed E-state index contributed by atoms with van der Waals surface area (Å²) in [5, 5.41) is 16.4. The van der Waals surface area contributed by atoms with Crippen LogP contribution in [0.3, 0.4) is 0 Å². The minimum atomic E-state index is -4.61. The maximum Gasteiger partial charge on any atom is 0.416 e. The number of hydrogen-bond acceptors (Lipinski definition) is 6. The lowest BCUT2D eigenvalue weighted by Crippen LogP contribution is -2.27. The molecule has 0 saturated heterocycles. The number of aromatic nitrogens is 2. The summed E-state index contributed by atoms with van der Waals surface area (Å²) in [4.78, 5) is 20.8. The number of amides is 1. The van der Waals surface area contributed by atoms with Gasteiger partial charge in [0.25, 0.3) is 0 Å². The van der Waals surface area contributed by atoms with Gasteiger partial charge < -0.3 is 15.2 Å². The standard InChI is InChI=1S/C26H26ClF3N4O3/c1-25(2,3)37-24(36)34-22-10-14(26(28,29)30)4-6-17(22)21-12-23(32-13-31-21)33-20-9-8-19(27)16-7-5-15(35)11-18(16)20/h4,6,8-10,12-13,15,35H,5,7,11H2,1-3H3,(H,34,36)(H,31,32,33). The maximum atomic E-state index is 13.4. The Balaban J connectivity index is 1.69. The molecule has 0 fully saturated rings. The van der Waals surface area contributed by atoms with Crippen molar-refractivity contribution in [2.24, 2.45) is 0 Å². The normalized spacial score (nSPS) is 15.6. The van der Waals surface area contributed by atoms with Gasteiger partial charge in [-0.2, -0.15) is 13.2 Å². The van der Waals surface area contributed by atoms with E-state index < -0.39 is 29.5 Å². The number of ether oxygens (including phenoxy) is 1. The molecular formula is C26H26ClF3N4O3. The van der Waals surface area contributed by atoms with E-state index in [1.54, 1.807) is 39.0 Å². The third-order valence-electron chi connectivity index (χ3n) is 5.73. The number of fused-ring (bicyclic) bond motifs is 1. The third kappa shape index (κ3) is 6.50. The molecule has 1 amide bonds. The monoisotopic (exact) mass is 534 g/mol. The molecule has 1 aliphatic rings. The first-order valence-electron chi connectivity index (χ1n) is 11.6. The second kappa shape index (κ2) is 10.2. The SMILES string of the molecule is CC(C)(C)OC(=O)Nc1cc(C(F)(F)F)ccc1-c1cc(Nc2ccc(Cl)c3c2CC(O)CC3)ncn1. The van der Waals surface area contributed by atoms with Crippen molar-refractivity contribution >= 4 is 34.9 Å². The molecule has 1 heterocycles. The van der Waals surface area contributed by atoms with Crippen LogP contribution in [0.5, 0.6) is 0 Å². The zero-order valence-electron chi connectivity index (χ0n) is 20.4. The second-order valence-corrected chi connectivity index (χ2v) is 10.2. The molecule has 0 spiro atoms. The molecular weight excluding hydrogens is 509 g/mol. The first kappa shape index (κ1) is 26.7. The van der Waals surface area contributed by atoms with Crippen molar-refractivity contribution in [2.75, 3.05) is 10.6 Å². The summed E-state index contributed by atoms with van der Waals surface area (Å²) in [6.45, 7) is 4.95. The van der Waals surface area contributed by atoms with Crippen molar-refractivity contribution in [2.45, 2.75) is 57.9 Å². The number of alkyl halides is 3. The van der Waals surface area contributed by atoms with E-state index >= 15 is 0 Å². The highest BCUT2D eigenvalue weighted by Gasteiger charge is 2.32. The van der Waals surface area contributed by atoms with Gasteiger partial charge in [-0.25, -0.2) is 14.8 Å². The first-order valence-corrected chi connectivity index (χ1v) is 12.0. The van der Waals surface area contributed by atoms with E-state index in [9.17, 15) is 23.1 Å². The summed E-state index contributed by atoms with van der Waals surface area (Å²) in [6.07, 6.45) is -3.03. The summed E-state index contributed by atoms with van der Waals surface area (Å²) in [5.41, 5.74) is 1.19. The summed E-state index contributed by atoms with van der Waals surface area (Å²) in [5.74, 6) is 0.373. The number of nitrogens with zero attached hydrogens (tertiary/aromatic N) is 2. The summed E-state index contributed by atoms with van der Waals surface area (Å²) in [6, 6.07) is 8.11. The molecule has 0 radical (unpaired) electrons. The maximum absolute atomic E-state index is 13.4. The number of nitrogens with one attached hydrogen (secondary N) is 2. The Morgan fingerprint density at radius 2 is 1.84 bits per heavy atom. The lowest BCUT2D eigenvalue weighted by molar-refractivity contribution is -0.137. The Morgan fingerprint density at radius 1 is 1.08 bits per heavy atom. The lowest BCUT2D eigenvalue weighted by Gasteiger charge is -2.24. The molecule has 2 aromatic carbocycles. The van der Waals surface area contributed by atoms with E-state index in [1.807, 2.05) is 0 Å². The number of anilines is 3. The molecule has 1 aliphatic carbocycles. The van der Waals surface area contributed by atoms with E-state index in [1.165, 1.54) is 12.4 Å². The quantitative estimate of drug-likeness (QED) is 0.342. The summed E-state index contributed by atoms with van der Waals surface area (Å²) in [7, 11) is 0. The van der Waals surface area contributed by atoms with Crippen LogP contribution >= 0.6 is 11.6 Å².